The number of hydrogen-bond donors (Lipinski definition) is 1. The van der Waals surface area contributed by atoms with Gasteiger partial charge in [-0.05, 0) is 43.7 Å². The van der Waals surface area contributed by atoms with Crippen LogP contribution in [-0.4, -0.2) is 26.6 Å². The zero-order valence-electron chi connectivity index (χ0n) is 14.9. The third kappa shape index (κ3) is 5.00. The number of nitrogens with zero attached hydrogens (tertiary/aromatic N) is 1. The molecule has 0 aliphatic carbocycles. The van der Waals surface area contributed by atoms with Crippen molar-refractivity contribution < 1.29 is 26.4 Å². The number of hydrogen-bond acceptors (Lipinski definition) is 3. The van der Waals surface area contributed by atoms with Crippen LogP contribution in [0.1, 0.15) is 18.1 Å². The van der Waals surface area contributed by atoms with Gasteiger partial charge in [0.15, 0.2) is 0 Å². The van der Waals surface area contributed by atoms with Gasteiger partial charge in [-0.1, -0.05) is 24.3 Å². The van der Waals surface area contributed by atoms with Crippen molar-refractivity contribution in [3.63, 3.8) is 0 Å². The molecule has 0 saturated carbocycles. The van der Waals surface area contributed by atoms with Gasteiger partial charge in [-0.15, -0.1) is 0 Å². The molecule has 0 unspecified atom stereocenters. The Kier molecular flexibility index (Phi) is 5.84. The SMILES string of the molecule is Cc1cccc(N([C@H](C)C(=O)Nc2ccccc2C(F)(F)F)S(C)(=O)=O)c1. The minimum absolute atomic E-state index is 0.254. The van der Waals surface area contributed by atoms with E-state index in [1.165, 1.54) is 25.1 Å². The maximum Gasteiger partial charge on any atom is 0.418 e. The molecule has 2 rings (SSSR count). The molecule has 0 spiro atoms. The lowest BCUT2D eigenvalue weighted by Gasteiger charge is -2.28. The fourth-order valence-electron chi connectivity index (χ4n) is 2.65. The number of para-hydroxylation sites is 1. The summed E-state index contributed by atoms with van der Waals surface area (Å²) in [5, 5.41) is 2.19. The Labute approximate surface area is 155 Å². The smallest absolute Gasteiger partial charge is 0.324 e. The summed E-state index contributed by atoms with van der Waals surface area (Å²) in [4.78, 5) is 12.6. The minimum Gasteiger partial charge on any atom is -0.324 e. The molecular weight excluding hydrogens is 381 g/mol. The molecular formula is C18H19F3N2O3S. The number of carbonyl (C=O) groups excluding carboxylic acids is 1. The van der Waals surface area contributed by atoms with Gasteiger partial charge in [0.05, 0.1) is 23.2 Å². The van der Waals surface area contributed by atoms with E-state index in [9.17, 15) is 26.4 Å². The van der Waals surface area contributed by atoms with Crippen LogP contribution in [0.3, 0.4) is 0 Å². The predicted molar refractivity (Wildman–Crippen MR) is 98.0 cm³/mol. The predicted octanol–water partition coefficient (Wildman–Crippen LogP) is 3.81. The van der Waals surface area contributed by atoms with Crippen molar-refractivity contribution in [1.82, 2.24) is 0 Å². The van der Waals surface area contributed by atoms with Crippen molar-refractivity contribution in [2.75, 3.05) is 15.9 Å². The number of rotatable bonds is 5. The topological polar surface area (TPSA) is 66.5 Å². The lowest BCUT2D eigenvalue weighted by atomic mass is 10.1. The van der Waals surface area contributed by atoms with Crippen LogP contribution in [0.4, 0.5) is 24.5 Å². The van der Waals surface area contributed by atoms with Gasteiger partial charge >= 0.3 is 6.18 Å². The van der Waals surface area contributed by atoms with Crippen LogP contribution in [0.2, 0.25) is 0 Å². The first-order valence-electron chi connectivity index (χ1n) is 7.94. The molecule has 5 nitrogen and oxygen atoms in total. The van der Waals surface area contributed by atoms with Gasteiger partial charge in [0.1, 0.15) is 6.04 Å². The number of benzene rings is 2. The van der Waals surface area contributed by atoms with Crippen LogP contribution in [0.25, 0.3) is 0 Å². The summed E-state index contributed by atoms with van der Waals surface area (Å²) < 4.78 is 64.6. The lowest BCUT2D eigenvalue weighted by Crippen LogP contribution is -2.45. The summed E-state index contributed by atoms with van der Waals surface area (Å²) in [6.45, 7) is 3.07. The van der Waals surface area contributed by atoms with E-state index in [-0.39, 0.29) is 5.69 Å². The van der Waals surface area contributed by atoms with Gasteiger partial charge in [0.25, 0.3) is 0 Å². The largest absolute Gasteiger partial charge is 0.418 e. The molecule has 0 heterocycles. The van der Waals surface area contributed by atoms with Gasteiger partial charge < -0.3 is 5.32 Å². The van der Waals surface area contributed by atoms with E-state index in [1.807, 2.05) is 0 Å². The molecule has 27 heavy (non-hydrogen) atoms. The average molecular weight is 400 g/mol. The van der Waals surface area contributed by atoms with E-state index in [4.69, 9.17) is 0 Å². The molecule has 0 aliphatic heterocycles. The first kappa shape index (κ1) is 20.8. The van der Waals surface area contributed by atoms with Crippen molar-refractivity contribution >= 4 is 27.3 Å². The van der Waals surface area contributed by atoms with Crippen LogP contribution in [-0.2, 0) is 21.0 Å². The van der Waals surface area contributed by atoms with Crippen LogP contribution in [0.5, 0.6) is 0 Å². The second-order valence-corrected chi connectivity index (χ2v) is 7.97. The summed E-state index contributed by atoms with van der Waals surface area (Å²) in [6.07, 6.45) is -3.72. The first-order chi connectivity index (χ1) is 12.4. The molecule has 2 aromatic carbocycles. The molecule has 0 bridgehead atoms. The number of amides is 1. The lowest BCUT2D eigenvalue weighted by molar-refractivity contribution is -0.137. The molecule has 0 fully saturated rings. The standard InChI is InChI=1S/C18H19F3N2O3S/c1-12-7-6-8-14(11-12)23(27(3,25)26)13(2)17(24)22-16-10-5-4-9-15(16)18(19,20)21/h4-11,13H,1-3H3,(H,22,24)/t13-/m1/s1. The number of sulfonamides is 1. The highest BCUT2D eigenvalue weighted by atomic mass is 32.2. The van der Waals surface area contributed by atoms with E-state index in [0.29, 0.717) is 0 Å². The Morgan fingerprint density at radius 2 is 1.74 bits per heavy atom. The van der Waals surface area contributed by atoms with E-state index >= 15 is 0 Å². The molecule has 0 aromatic heterocycles. The number of aryl methyl sites for hydroxylation is 1. The molecule has 1 atom stereocenters. The van der Waals surface area contributed by atoms with Crippen molar-refractivity contribution in [1.29, 1.82) is 0 Å². The Bertz CT molecular complexity index is 943. The summed E-state index contributed by atoms with van der Waals surface area (Å²) in [7, 11) is -3.86. The first-order valence-corrected chi connectivity index (χ1v) is 9.79. The Hall–Kier alpha value is -2.55. The molecule has 0 aliphatic rings. The summed E-state index contributed by atoms with van der Waals surface area (Å²) >= 11 is 0. The monoisotopic (exact) mass is 400 g/mol. The van der Waals surface area contributed by atoms with Crippen molar-refractivity contribution in [3.05, 3.63) is 59.7 Å². The molecule has 9 heteroatoms. The van der Waals surface area contributed by atoms with Gasteiger partial charge in [0.2, 0.25) is 15.9 Å². The van der Waals surface area contributed by atoms with Gasteiger partial charge in [0, 0.05) is 0 Å². The quantitative estimate of drug-likeness (QED) is 0.830. The molecule has 2 aromatic rings. The highest BCUT2D eigenvalue weighted by Gasteiger charge is 2.35. The zero-order chi connectivity index (χ0) is 20.4. The molecule has 1 amide bonds. The average Bonchev–Trinajstić information content (AvgIpc) is 2.53. The number of carbonyl (C=O) groups is 1. The summed E-state index contributed by atoms with van der Waals surface area (Å²) in [5.41, 5.74) is -0.410. The summed E-state index contributed by atoms with van der Waals surface area (Å²) in [5.74, 6) is -0.876. The Balaban J connectivity index is 2.38. The molecule has 1 N–H and O–H groups in total. The summed E-state index contributed by atoms with van der Waals surface area (Å²) in [6, 6.07) is 9.74. The fraction of sp³-hybridized carbons (Fsp3) is 0.278. The molecule has 0 radical (unpaired) electrons. The van der Waals surface area contributed by atoms with E-state index in [1.54, 1.807) is 25.1 Å². The third-order valence-corrected chi connectivity index (χ3v) is 5.08. The van der Waals surface area contributed by atoms with Crippen molar-refractivity contribution in [2.45, 2.75) is 26.1 Å². The van der Waals surface area contributed by atoms with E-state index in [0.717, 1.165) is 28.3 Å². The maximum absolute atomic E-state index is 13.1. The number of alkyl halides is 3. The number of halogens is 3. The normalized spacial score (nSPS) is 13.1. The van der Waals surface area contributed by atoms with Crippen molar-refractivity contribution in [3.8, 4) is 0 Å². The van der Waals surface area contributed by atoms with Crippen LogP contribution >= 0.6 is 0 Å². The Morgan fingerprint density at radius 3 is 2.30 bits per heavy atom. The second kappa shape index (κ2) is 7.59. The second-order valence-electron chi connectivity index (χ2n) is 6.11. The van der Waals surface area contributed by atoms with Crippen molar-refractivity contribution in [2.24, 2.45) is 0 Å². The van der Waals surface area contributed by atoms with Crippen LogP contribution < -0.4 is 9.62 Å². The van der Waals surface area contributed by atoms with Gasteiger partial charge in [-0.25, -0.2) is 8.42 Å². The fourth-order valence-corrected chi connectivity index (χ4v) is 3.82. The van der Waals surface area contributed by atoms with Crippen LogP contribution in [0.15, 0.2) is 48.5 Å². The highest BCUT2D eigenvalue weighted by molar-refractivity contribution is 7.92. The molecule has 0 saturated heterocycles. The van der Waals surface area contributed by atoms with E-state index in [2.05, 4.69) is 5.32 Å². The van der Waals surface area contributed by atoms with Gasteiger partial charge in [-0.3, -0.25) is 9.10 Å². The maximum atomic E-state index is 13.1. The van der Waals surface area contributed by atoms with Gasteiger partial charge in [-0.2, -0.15) is 13.2 Å². The highest BCUT2D eigenvalue weighted by Crippen LogP contribution is 2.34. The zero-order valence-corrected chi connectivity index (χ0v) is 15.7. The number of anilines is 2. The third-order valence-electron chi connectivity index (χ3n) is 3.83. The molecule has 146 valence electrons. The number of nitrogens with one attached hydrogen (secondary N) is 1. The van der Waals surface area contributed by atoms with Crippen LogP contribution in [0, 0.1) is 6.92 Å². The Morgan fingerprint density at radius 1 is 1.11 bits per heavy atom. The van der Waals surface area contributed by atoms with E-state index < -0.39 is 39.4 Å². The minimum atomic E-state index is -4.65.